The summed E-state index contributed by atoms with van der Waals surface area (Å²) in [4.78, 5) is 24.0. The molecule has 0 bridgehead atoms. The van der Waals surface area contributed by atoms with Gasteiger partial charge >= 0.3 is 11.8 Å². The van der Waals surface area contributed by atoms with E-state index in [0.717, 1.165) is 24.8 Å². The van der Waals surface area contributed by atoms with Gasteiger partial charge in [-0.05, 0) is 56.7 Å². The summed E-state index contributed by atoms with van der Waals surface area (Å²) >= 11 is 6.03. The number of carbonyl (C=O) groups is 2. The van der Waals surface area contributed by atoms with Gasteiger partial charge in [0, 0.05) is 18.7 Å². The van der Waals surface area contributed by atoms with Crippen LogP contribution in [0.1, 0.15) is 44.6 Å². The molecule has 1 unspecified atom stereocenters. The highest BCUT2D eigenvalue weighted by molar-refractivity contribution is 6.35. The van der Waals surface area contributed by atoms with Crippen LogP contribution in [0.2, 0.25) is 5.02 Å². The molecule has 0 radical (unpaired) electrons. The molecule has 0 aliphatic heterocycles. The number of hydrogen-bond donors (Lipinski definition) is 2. The fourth-order valence-electron chi connectivity index (χ4n) is 2.99. The second-order valence-electron chi connectivity index (χ2n) is 6.74. The summed E-state index contributed by atoms with van der Waals surface area (Å²) in [6.45, 7) is 2.49. The van der Waals surface area contributed by atoms with Crippen LogP contribution in [0, 0.1) is 0 Å². The normalized spacial score (nSPS) is 16.3. The molecule has 2 N–H and O–H groups in total. The summed E-state index contributed by atoms with van der Waals surface area (Å²) in [5.74, 6) is -1.28. The van der Waals surface area contributed by atoms with Gasteiger partial charge in [-0.3, -0.25) is 9.59 Å². The maximum Gasteiger partial charge on any atom is 0.309 e. The van der Waals surface area contributed by atoms with Crippen molar-refractivity contribution in [3.63, 3.8) is 0 Å². The van der Waals surface area contributed by atoms with Gasteiger partial charge in [-0.1, -0.05) is 35.4 Å². The van der Waals surface area contributed by atoms with Gasteiger partial charge in [0.1, 0.15) is 5.60 Å². The molecule has 1 aliphatic carbocycles. The van der Waals surface area contributed by atoms with Crippen LogP contribution in [-0.2, 0) is 19.9 Å². The van der Waals surface area contributed by atoms with E-state index in [1.807, 2.05) is 19.1 Å². The molecule has 0 fully saturated rings. The van der Waals surface area contributed by atoms with Crippen molar-refractivity contribution >= 4 is 23.4 Å². The number of benzene rings is 1. The zero-order chi connectivity index (χ0) is 19.0. The summed E-state index contributed by atoms with van der Waals surface area (Å²) in [6.07, 6.45) is 7.70. The fourth-order valence-corrected chi connectivity index (χ4v) is 3.18. The summed E-state index contributed by atoms with van der Waals surface area (Å²) in [6, 6.07) is 7.26. The van der Waals surface area contributed by atoms with E-state index in [4.69, 9.17) is 16.3 Å². The first kappa shape index (κ1) is 20.5. The van der Waals surface area contributed by atoms with Crippen LogP contribution >= 0.6 is 11.6 Å². The number of allylic oxidation sites excluding steroid dienone is 1. The van der Waals surface area contributed by atoms with E-state index in [2.05, 4.69) is 16.7 Å². The zero-order valence-corrected chi connectivity index (χ0v) is 16.2. The third-order valence-electron chi connectivity index (χ3n) is 4.79. The van der Waals surface area contributed by atoms with Crippen LogP contribution in [0.3, 0.4) is 0 Å². The maximum atomic E-state index is 12.1. The number of halogens is 1. The van der Waals surface area contributed by atoms with Crippen molar-refractivity contribution < 1.29 is 14.3 Å². The van der Waals surface area contributed by atoms with Crippen molar-refractivity contribution in [2.45, 2.75) is 44.6 Å². The highest BCUT2D eigenvalue weighted by atomic mass is 35.5. The molecule has 0 saturated heterocycles. The smallest absolute Gasteiger partial charge is 0.309 e. The van der Waals surface area contributed by atoms with Crippen LogP contribution in [0.25, 0.3) is 0 Å². The van der Waals surface area contributed by atoms with E-state index >= 15 is 0 Å². The van der Waals surface area contributed by atoms with Gasteiger partial charge in [0.05, 0.1) is 6.54 Å². The number of carbonyl (C=O) groups excluding carboxylic acids is 2. The standard InChI is InChI=1S/C20H27ClN2O3/c1-20(26-2,16-9-6-10-17(21)13-16)14-23-19(25)18(24)22-12-11-15-7-4-3-5-8-15/h6-7,9-10,13H,3-5,8,11-12,14H2,1-2H3,(H,22,24)(H,23,25). The molecular formula is C20H27ClN2O3. The van der Waals surface area contributed by atoms with Crippen LogP contribution in [0.15, 0.2) is 35.9 Å². The van der Waals surface area contributed by atoms with Gasteiger partial charge in [-0.25, -0.2) is 0 Å². The Kier molecular flexibility index (Phi) is 7.66. The van der Waals surface area contributed by atoms with Gasteiger partial charge in [0.25, 0.3) is 0 Å². The Morgan fingerprint density at radius 3 is 2.65 bits per heavy atom. The van der Waals surface area contributed by atoms with Crippen molar-refractivity contribution in [2.75, 3.05) is 20.2 Å². The van der Waals surface area contributed by atoms with Gasteiger partial charge in [0.2, 0.25) is 0 Å². The predicted octanol–water partition coefficient (Wildman–Crippen LogP) is 3.32. The largest absolute Gasteiger partial charge is 0.372 e. The number of nitrogens with one attached hydrogen (secondary N) is 2. The molecule has 2 rings (SSSR count). The van der Waals surface area contributed by atoms with Crippen molar-refractivity contribution in [1.82, 2.24) is 10.6 Å². The summed E-state index contributed by atoms with van der Waals surface area (Å²) in [5, 5.41) is 5.92. The molecule has 0 aromatic heterocycles. The Hall–Kier alpha value is -1.85. The Morgan fingerprint density at radius 1 is 1.23 bits per heavy atom. The average molecular weight is 379 g/mol. The van der Waals surface area contributed by atoms with Crippen molar-refractivity contribution in [1.29, 1.82) is 0 Å². The van der Waals surface area contributed by atoms with E-state index in [-0.39, 0.29) is 6.54 Å². The molecule has 1 atom stereocenters. The van der Waals surface area contributed by atoms with Crippen molar-refractivity contribution in [3.8, 4) is 0 Å². The van der Waals surface area contributed by atoms with Crippen LogP contribution < -0.4 is 10.6 Å². The monoisotopic (exact) mass is 378 g/mol. The molecule has 2 amide bonds. The highest BCUT2D eigenvalue weighted by Crippen LogP contribution is 2.26. The predicted molar refractivity (Wildman–Crippen MR) is 103 cm³/mol. The fraction of sp³-hybridized carbons (Fsp3) is 0.500. The first-order valence-electron chi connectivity index (χ1n) is 9.00. The number of rotatable bonds is 7. The Morgan fingerprint density at radius 2 is 2.00 bits per heavy atom. The molecule has 0 spiro atoms. The van der Waals surface area contributed by atoms with E-state index in [0.29, 0.717) is 11.6 Å². The van der Waals surface area contributed by atoms with E-state index in [1.165, 1.54) is 18.4 Å². The average Bonchev–Trinajstić information content (AvgIpc) is 2.66. The van der Waals surface area contributed by atoms with Crippen LogP contribution in [0.5, 0.6) is 0 Å². The first-order valence-corrected chi connectivity index (χ1v) is 9.37. The molecule has 1 aliphatic rings. The number of ether oxygens (including phenoxy) is 1. The topological polar surface area (TPSA) is 67.4 Å². The number of amides is 2. The number of methoxy groups -OCH3 is 1. The van der Waals surface area contributed by atoms with Crippen molar-refractivity contribution in [2.24, 2.45) is 0 Å². The van der Waals surface area contributed by atoms with Gasteiger partial charge in [0.15, 0.2) is 0 Å². The van der Waals surface area contributed by atoms with E-state index < -0.39 is 17.4 Å². The Balaban J connectivity index is 1.81. The molecule has 26 heavy (non-hydrogen) atoms. The minimum absolute atomic E-state index is 0.168. The lowest BCUT2D eigenvalue weighted by Crippen LogP contribution is -2.46. The Labute approximate surface area is 160 Å². The summed E-state index contributed by atoms with van der Waals surface area (Å²) in [5.41, 5.74) is 1.43. The van der Waals surface area contributed by atoms with Gasteiger partial charge in [-0.2, -0.15) is 0 Å². The molecule has 5 nitrogen and oxygen atoms in total. The van der Waals surface area contributed by atoms with Gasteiger partial charge < -0.3 is 15.4 Å². The number of hydrogen-bond acceptors (Lipinski definition) is 3. The molecule has 1 aromatic carbocycles. The zero-order valence-electron chi connectivity index (χ0n) is 15.4. The third-order valence-corrected chi connectivity index (χ3v) is 5.03. The molecule has 1 aromatic rings. The molecule has 142 valence electrons. The second kappa shape index (κ2) is 9.74. The minimum atomic E-state index is -0.770. The quantitative estimate of drug-likeness (QED) is 0.565. The molecule has 0 saturated carbocycles. The lowest BCUT2D eigenvalue weighted by molar-refractivity contribution is -0.140. The first-order chi connectivity index (χ1) is 12.4. The van der Waals surface area contributed by atoms with E-state index in [9.17, 15) is 9.59 Å². The van der Waals surface area contributed by atoms with E-state index in [1.54, 1.807) is 19.2 Å². The second-order valence-corrected chi connectivity index (χ2v) is 7.18. The SMILES string of the molecule is COC(C)(CNC(=O)C(=O)NCCC1=CCCCC1)c1cccc(Cl)c1. The summed E-state index contributed by atoms with van der Waals surface area (Å²) in [7, 11) is 1.56. The Bertz CT molecular complexity index is 675. The van der Waals surface area contributed by atoms with Crippen molar-refractivity contribution in [3.05, 3.63) is 46.5 Å². The lowest BCUT2D eigenvalue weighted by atomic mass is 9.95. The van der Waals surface area contributed by atoms with Gasteiger partial charge in [-0.15, -0.1) is 0 Å². The van der Waals surface area contributed by atoms with Crippen LogP contribution in [0.4, 0.5) is 0 Å². The minimum Gasteiger partial charge on any atom is -0.372 e. The lowest BCUT2D eigenvalue weighted by Gasteiger charge is -2.29. The molecule has 0 heterocycles. The summed E-state index contributed by atoms with van der Waals surface area (Å²) < 4.78 is 5.56. The highest BCUT2D eigenvalue weighted by Gasteiger charge is 2.28. The molecular weight excluding hydrogens is 352 g/mol. The maximum absolute atomic E-state index is 12.1. The van der Waals surface area contributed by atoms with Crippen LogP contribution in [-0.4, -0.2) is 32.0 Å². The molecule has 6 heteroatoms. The third kappa shape index (κ3) is 5.85.